The second-order valence-corrected chi connectivity index (χ2v) is 8.87. The summed E-state index contributed by atoms with van der Waals surface area (Å²) in [5.74, 6) is 2.59. The molecule has 0 unspecified atom stereocenters. The topological polar surface area (TPSA) is 82.3 Å². The number of fused-ring (bicyclic) bond motifs is 2. The van der Waals surface area contributed by atoms with Crippen molar-refractivity contribution in [1.29, 1.82) is 0 Å². The van der Waals surface area contributed by atoms with Crippen molar-refractivity contribution in [3.63, 3.8) is 0 Å². The van der Waals surface area contributed by atoms with Crippen molar-refractivity contribution >= 4 is 23.4 Å². The molecule has 1 N–H and O–H groups in total. The molecule has 1 fully saturated rings. The molecular weight excluding hydrogens is 442 g/mol. The van der Waals surface area contributed by atoms with E-state index < -0.39 is 0 Å². The summed E-state index contributed by atoms with van der Waals surface area (Å²) in [7, 11) is 1.66. The molecule has 0 radical (unpaired) electrons. The Morgan fingerprint density at radius 3 is 2.91 bits per heavy atom. The third-order valence-electron chi connectivity index (χ3n) is 6.55. The molecule has 4 aromatic rings. The zero-order chi connectivity index (χ0) is 23.6. The van der Waals surface area contributed by atoms with Crippen LogP contribution < -0.4 is 14.8 Å². The monoisotopic (exact) mass is 469 g/mol. The van der Waals surface area contributed by atoms with E-state index in [1.54, 1.807) is 13.3 Å². The summed E-state index contributed by atoms with van der Waals surface area (Å²) in [4.78, 5) is 13.8. The molecule has 0 saturated carbocycles. The summed E-state index contributed by atoms with van der Waals surface area (Å²) < 4.78 is 19.1. The average Bonchev–Trinajstić information content (AvgIpc) is 3.57. The van der Waals surface area contributed by atoms with Gasteiger partial charge in [-0.15, -0.1) is 0 Å². The molecular formula is C27H27N5O3. The zero-order valence-corrected chi connectivity index (χ0v) is 19.6. The van der Waals surface area contributed by atoms with Gasteiger partial charge < -0.3 is 23.9 Å². The first-order chi connectivity index (χ1) is 17.3. The Labute approximate surface area is 203 Å². The number of aromatic nitrogens is 3. The van der Waals surface area contributed by atoms with Crippen LogP contribution >= 0.6 is 0 Å². The van der Waals surface area contributed by atoms with Crippen LogP contribution in [0.15, 0.2) is 60.0 Å². The number of nitrogens with zero attached hydrogens (tertiary/aromatic N) is 4. The summed E-state index contributed by atoms with van der Waals surface area (Å²) in [6.45, 7) is 2.99. The van der Waals surface area contributed by atoms with Crippen LogP contribution in [-0.4, -0.2) is 47.5 Å². The lowest BCUT2D eigenvalue weighted by Crippen LogP contribution is -2.21. The van der Waals surface area contributed by atoms with Gasteiger partial charge in [0.05, 0.1) is 26.0 Å². The van der Waals surface area contributed by atoms with Crippen LogP contribution in [0, 0.1) is 5.92 Å². The van der Waals surface area contributed by atoms with Crippen LogP contribution in [0.1, 0.15) is 24.0 Å². The first-order valence-corrected chi connectivity index (χ1v) is 11.9. The molecule has 0 atom stereocenters. The SMILES string of the molecule is COc1cc(Nc2nc(-c3ccc4c(c3)CN=C4)cn3ccnc23)ccc1OCC1CCOCC1. The van der Waals surface area contributed by atoms with Crippen molar-refractivity contribution in [2.45, 2.75) is 19.4 Å². The maximum absolute atomic E-state index is 6.09. The number of nitrogens with one attached hydrogen (secondary N) is 1. The van der Waals surface area contributed by atoms with Crippen molar-refractivity contribution in [2.24, 2.45) is 10.9 Å². The summed E-state index contributed by atoms with van der Waals surface area (Å²) in [6.07, 6.45) is 9.68. The summed E-state index contributed by atoms with van der Waals surface area (Å²) in [5, 5.41) is 3.43. The lowest BCUT2D eigenvalue weighted by molar-refractivity contribution is 0.0493. The maximum Gasteiger partial charge on any atom is 0.180 e. The number of aliphatic imine (C=N–C) groups is 1. The number of methoxy groups -OCH3 is 1. The van der Waals surface area contributed by atoms with Gasteiger partial charge in [-0.1, -0.05) is 12.1 Å². The van der Waals surface area contributed by atoms with Crippen LogP contribution in [0.5, 0.6) is 11.5 Å². The van der Waals surface area contributed by atoms with Crippen molar-refractivity contribution < 1.29 is 14.2 Å². The Balaban J connectivity index is 1.26. The molecule has 178 valence electrons. The van der Waals surface area contributed by atoms with Gasteiger partial charge in [-0.25, -0.2) is 9.97 Å². The molecule has 2 aromatic carbocycles. The first kappa shape index (κ1) is 21.6. The predicted octanol–water partition coefficient (Wildman–Crippen LogP) is 4.89. The van der Waals surface area contributed by atoms with Gasteiger partial charge in [-0.3, -0.25) is 4.99 Å². The Hall–Kier alpha value is -3.91. The Morgan fingerprint density at radius 2 is 2.03 bits per heavy atom. The molecule has 0 aliphatic carbocycles. The van der Waals surface area contributed by atoms with Crippen LogP contribution in [0.4, 0.5) is 11.5 Å². The van der Waals surface area contributed by atoms with Gasteiger partial charge in [0.15, 0.2) is 23.0 Å². The van der Waals surface area contributed by atoms with E-state index in [2.05, 4.69) is 33.5 Å². The first-order valence-electron chi connectivity index (χ1n) is 11.9. The van der Waals surface area contributed by atoms with Gasteiger partial charge in [0, 0.05) is 55.3 Å². The van der Waals surface area contributed by atoms with Crippen molar-refractivity contribution in [1.82, 2.24) is 14.4 Å². The summed E-state index contributed by atoms with van der Waals surface area (Å²) >= 11 is 0. The standard InChI is InChI=1S/C27H27N5O3/c1-33-25-13-22(4-5-24(25)35-17-18-6-10-34-11-7-18)30-26-27-29-8-9-32(27)16-23(31-26)19-2-3-20-14-28-15-21(20)12-19/h2-5,8-9,12-14,16,18H,6-7,10-11,15,17H2,1H3,(H,30,31). The number of rotatable bonds is 7. The minimum Gasteiger partial charge on any atom is -0.493 e. The van der Waals surface area contributed by atoms with Gasteiger partial charge in [-0.05, 0) is 48.1 Å². The fourth-order valence-corrected chi connectivity index (χ4v) is 4.55. The molecule has 8 heteroatoms. The lowest BCUT2D eigenvalue weighted by Gasteiger charge is -2.22. The second kappa shape index (κ2) is 9.38. The Kier molecular flexibility index (Phi) is 5.79. The molecule has 6 rings (SSSR count). The number of hydrogen-bond donors (Lipinski definition) is 1. The zero-order valence-electron chi connectivity index (χ0n) is 19.6. The molecule has 2 aromatic heterocycles. The quantitative estimate of drug-likeness (QED) is 0.415. The highest BCUT2D eigenvalue weighted by atomic mass is 16.5. The van der Waals surface area contributed by atoms with E-state index in [9.17, 15) is 0 Å². The van der Waals surface area contributed by atoms with Gasteiger partial charge >= 0.3 is 0 Å². The summed E-state index contributed by atoms with van der Waals surface area (Å²) in [6, 6.07) is 12.2. The van der Waals surface area contributed by atoms with Gasteiger partial charge in [0.2, 0.25) is 0 Å². The van der Waals surface area contributed by atoms with Crippen molar-refractivity contribution in [2.75, 3.05) is 32.2 Å². The van der Waals surface area contributed by atoms with Crippen LogP contribution in [0.3, 0.4) is 0 Å². The van der Waals surface area contributed by atoms with Crippen LogP contribution in [0.2, 0.25) is 0 Å². The Morgan fingerprint density at radius 1 is 1.11 bits per heavy atom. The van der Waals surface area contributed by atoms with Gasteiger partial charge in [0.1, 0.15) is 0 Å². The molecule has 0 amide bonds. The number of benzene rings is 2. The highest BCUT2D eigenvalue weighted by molar-refractivity contribution is 5.86. The van der Waals surface area contributed by atoms with E-state index in [1.165, 1.54) is 11.1 Å². The second-order valence-electron chi connectivity index (χ2n) is 8.87. The maximum atomic E-state index is 6.09. The number of hydrogen-bond acceptors (Lipinski definition) is 7. The lowest BCUT2D eigenvalue weighted by atomic mass is 10.0. The smallest absolute Gasteiger partial charge is 0.180 e. The molecule has 8 nitrogen and oxygen atoms in total. The van der Waals surface area contributed by atoms with E-state index in [1.807, 2.05) is 41.2 Å². The third-order valence-corrected chi connectivity index (χ3v) is 6.55. The molecule has 0 bridgehead atoms. The molecule has 35 heavy (non-hydrogen) atoms. The van der Waals surface area contributed by atoms with Crippen molar-refractivity contribution in [3.05, 3.63) is 66.1 Å². The predicted molar refractivity (Wildman–Crippen MR) is 135 cm³/mol. The number of ether oxygens (including phenoxy) is 3. The van der Waals surface area contributed by atoms with Crippen LogP contribution in [-0.2, 0) is 11.3 Å². The van der Waals surface area contributed by atoms with E-state index in [-0.39, 0.29) is 0 Å². The number of imidazole rings is 1. The van der Waals surface area contributed by atoms with E-state index >= 15 is 0 Å². The minimum atomic E-state index is 0.512. The minimum absolute atomic E-state index is 0.512. The summed E-state index contributed by atoms with van der Waals surface area (Å²) in [5.41, 5.74) is 5.88. The normalized spacial score (nSPS) is 15.3. The number of anilines is 2. The highest BCUT2D eigenvalue weighted by Gasteiger charge is 2.17. The molecule has 0 spiro atoms. The molecule has 2 aliphatic heterocycles. The average molecular weight is 470 g/mol. The molecule has 2 aliphatic rings. The van der Waals surface area contributed by atoms with Crippen LogP contribution in [0.25, 0.3) is 16.9 Å². The van der Waals surface area contributed by atoms with Gasteiger partial charge in [0.25, 0.3) is 0 Å². The van der Waals surface area contributed by atoms with E-state index in [0.717, 1.165) is 54.4 Å². The Bertz CT molecular complexity index is 1390. The molecule has 4 heterocycles. The van der Waals surface area contributed by atoms with E-state index in [0.29, 0.717) is 30.6 Å². The van der Waals surface area contributed by atoms with Crippen molar-refractivity contribution in [3.8, 4) is 22.8 Å². The van der Waals surface area contributed by atoms with E-state index in [4.69, 9.17) is 19.2 Å². The fourth-order valence-electron chi connectivity index (χ4n) is 4.55. The third kappa shape index (κ3) is 4.44. The van der Waals surface area contributed by atoms with Gasteiger partial charge in [-0.2, -0.15) is 0 Å². The molecule has 1 saturated heterocycles. The largest absolute Gasteiger partial charge is 0.493 e. The fraction of sp³-hybridized carbons (Fsp3) is 0.296. The highest BCUT2D eigenvalue weighted by Crippen LogP contribution is 2.33.